The molecular weight excluding hydrogens is 408 g/mol. The summed E-state index contributed by atoms with van der Waals surface area (Å²) in [4.78, 5) is 12.3. The van der Waals surface area contributed by atoms with Crippen LogP contribution in [0, 0.1) is 17.6 Å². The van der Waals surface area contributed by atoms with Crippen molar-refractivity contribution >= 4 is 37.8 Å². The molecule has 1 aliphatic carbocycles. The minimum atomic E-state index is -0.854. The molecule has 1 aromatic rings. The number of hydrogen-bond acceptors (Lipinski definition) is 1. The van der Waals surface area contributed by atoms with Crippen LogP contribution in [-0.2, 0) is 0 Å². The summed E-state index contributed by atoms with van der Waals surface area (Å²) in [5.41, 5.74) is -0.947. The molecule has 1 saturated carbocycles. The van der Waals surface area contributed by atoms with Crippen molar-refractivity contribution in [1.82, 2.24) is 5.32 Å². The van der Waals surface area contributed by atoms with Crippen LogP contribution in [0.3, 0.4) is 0 Å². The van der Waals surface area contributed by atoms with Crippen LogP contribution in [0.1, 0.15) is 43.0 Å². The van der Waals surface area contributed by atoms with Crippen molar-refractivity contribution in [2.45, 2.75) is 38.1 Å². The van der Waals surface area contributed by atoms with E-state index < -0.39 is 28.6 Å². The Morgan fingerprint density at radius 2 is 2.05 bits per heavy atom. The number of rotatable bonds is 3. The predicted octanol–water partition coefficient (Wildman–Crippen LogP) is 4.80. The number of nitrogens with one attached hydrogen (secondary N) is 1. The third-order valence-electron chi connectivity index (χ3n) is 3.96. The maximum atomic E-state index is 13.9. The van der Waals surface area contributed by atoms with Crippen molar-refractivity contribution in [1.29, 1.82) is 0 Å². The lowest BCUT2D eigenvalue weighted by Gasteiger charge is -2.39. The van der Waals surface area contributed by atoms with E-state index in [-0.39, 0.29) is 4.47 Å². The summed E-state index contributed by atoms with van der Waals surface area (Å²) in [7, 11) is 0. The number of benzene rings is 1. The molecule has 0 heterocycles. The Morgan fingerprint density at radius 3 is 2.57 bits per heavy atom. The first-order valence-electron chi connectivity index (χ1n) is 6.90. The largest absolute Gasteiger partial charge is 0.346 e. The van der Waals surface area contributed by atoms with Gasteiger partial charge in [-0.2, -0.15) is 0 Å². The van der Waals surface area contributed by atoms with E-state index in [4.69, 9.17) is 0 Å². The second kappa shape index (κ2) is 6.73. The van der Waals surface area contributed by atoms with E-state index in [0.29, 0.717) is 11.2 Å². The molecule has 0 spiro atoms. The van der Waals surface area contributed by atoms with Crippen LogP contribution in [0.2, 0.25) is 0 Å². The Hall–Kier alpha value is -0.490. The number of carbonyl (C=O) groups is 1. The summed E-state index contributed by atoms with van der Waals surface area (Å²) < 4.78 is 28.0. The molecule has 1 aliphatic rings. The number of halogens is 4. The molecule has 1 amide bonds. The fraction of sp³-hybridized carbons (Fsp3) is 0.533. The average Bonchev–Trinajstić information content (AvgIpc) is 2.37. The fourth-order valence-electron chi connectivity index (χ4n) is 2.99. The van der Waals surface area contributed by atoms with Crippen LogP contribution in [0.4, 0.5) is 8.78 Å². The highest BCUT2D eigenvalue weighted by Gasteiger charge is 2.36. The van der Waals surface area contributed by atoms with Gasteiger partial charge in [-0.05, 0) is 30.9 Å². The van der Waals surface area contributed by atoms with Gasteiger partial charge in [0.1, 0.15) is 17.2 Å². The SMILES string of the molecule is CC1CCCC(CBr)(NC(=O)c2c(F)cc(Br)cc2F)C1. The van der Waals surface area contributed by atoms with Crippen LogP contribution < -0.4 is 5.32 Å². The van der Waals surface area contributed by atoms with Gasteiger partial charge in [0.25, 0.3) is 5.91 Å². The van der Waals surface area contributed by atoms with Crippen LogP contribution >= 0.6 is 31.9 Å². The molecule has 116 valence electrons. The maximum absolute atomic E-state index is 13.9. The zero-order valence-corrected chi connectivity index (χ0v) is 14.9. The van der Waals surface area contributed by atoms with Crippen LogP contribution in [0.15, 0.2) is 16.6 Å². The summed E-state index contributed by atoms with van der Waals surface area (Å²) in [6, 6.07) is 2.20. The van der Waals surface area contributed by atoms with Gasteiger partial charge < -0.3 is 5.32 Å². The van der Waals surface area contributed by atoms with E-state index in [1.54, 1.807) is 0 Å². The lowest BCUT2D eigenvalue weighted by molar-refractivity contribution is 0.0861. The molecular formula is C15H17Br2F2NO. The van der Waals surface area contributed by atoms with E-state index in [0.717, 1.165) is 37.8 Å². The Bertz CT molecular complexity index is 529. The molecule has 0 bridgehead atoms. The van der Waals surface area contributed by atoms with E-state index in [9.17, 15) is 13.6 Å². The molecule has 21 heavy (non-hydrogen) atoms. The van der Waals surface area contributed by atoms with Gasteiger partial charge in [-0.15, -0.1) is 0 Å². The van der Waals surface area contributed by atoms with Crippen molar-refractivity contribution in [3.05, 3.63) is 33.8 Å². The van der Waals surface area contributed by atoms with Crippen LogP contribution in [0.5, 0.6) is 0 Å². The summed E-state index contributed by atoms with van der Waals surface area (Å²) in [6.07, 6.45) is 3.74. The van der Waals surface area contributed by atoms with E-state index in [2.05, 4.69) is 44.1 Å². The second-order valence-electron chi connectivity index (χ2n) is 5.81. The molecule has 2 rings (SSSR count). The lowest BCUT2D eigenvalue weighted by atomic mass is 9.77. The normalized spacial score (nSPS) is 25.7. The Balaban J connectivity index is 2.24. The van der Waals surface area contributed by atoms with Crippen molar-refractivity contribution in [2.24, 2.45) is 5.92 Å². The summed E-state index contributed by atoms with van der Waals surface area (Å²) >= 11 is 6.44. The van der Waals surface area contributed by atoms with Gasteiger partial charge in [-0.25, -0.2) is 8.78 Å². The number of carbonyl (C=O) groups excluding carboxylic acids is 1. The lowest BCUT2D eigenvalue weighted by Crippen LogP contribution is -2.52. The maximum Gasteiger partial charge on any atom is 0.257 e. The van der Waals surface area contributed by atoms with Gasteiger partial charge in [0.05, 0.1) is 5.54 Å². The third-order valence-corrected chi connectivity index (χ3v) is 5.49. The number of hydrogen-bond donors (Lipinski definition) is 1. The van der Waals surface area contributed by atoms with E-state index in [1.807, 2.05) is 0 Å². The van der Waals surface area contributed by atoms with Gasteiger partial charge in [-0.3, -0.25) is 4.79 Å². The standard InChI is InChI=1S/C15H17Br2F2NO/c1-9-3-2-4-15(7-9,8-16)20-14(21)13-11(18)5-10(17)6-12(13)19/h5-6,9H,2-4,7-8H2,1H3,(H,20,21). The zero-order valence-electron chi connectivity index (χ0n) is 11.7. The van der Waals surface area contributed by atoms with Crippen molar-refractivity contribution in [3.8, 4) is 0 Å². The van der Waals surface area contributed by atoms with E-state index >= 15 is 0 Å². The third kappa shape index (κ3) is 3.83. The molecule has 1 aromatic carbocycles. The second-order valence-corrected chi connectivity index (χ2v) is 7.29. The molecule has 0 saturated heterocycles. The highest BCUT2D eigenvalue weighted by atomic mass is 79.9. The molecule has 0 radical (unpaired) electrons. The van der Waals surface area contributed by atoms with Gasteiger partial charge in [0.15, 0.2) is 0 Å². The summed E-state index contributed by atoms with van der Waals surface area (Å²) in [5.74, 6) is -1.91. The highest BCUT2D eigenvalue weighted by molar-refractivity contribution is 9.10. The summed E-state index contributed by atoms with van der Waals surface area (Å²) in [6.45, 7) is 2.13. The average molecular weight is 425 g/mol. The van der Waals surface area contributed by atoms with Gasteiger partial charge in [0, 0.05) is 9.80 Å². The first-order valence-corrected chi connectivity index (χ1v) is 8.81. The Labute approximate surface area is 139 Å². The fourth-order valence-corrected chi connectivity index (χ4v) is 4.04. The minimum Gasteiger partial charge on any atom is -0.346 e. The van der Waals surface area contributed by atoms with Gasteiger partial charge in [-0.1, -0.05) is 51.6 Å². The molecule has 6 heteroatoms. The van der Waals surface area contributed by atoms with Crippen LogP contribution in [-0.4, -0.2) is 16.8 Å². The highest BCUT2D eigenvalue weighted by Crippen LogP contribution is 2.34. The minimum absolute atomic E-state index is 0.274. The predicted molar refractivity (Wildman–Crippen MR) is 85.7 cm³/mol. The Morgan fingerprint density at radius 1 is 1.43 bits per heavy atom. The monoisotopic (exact) mass is 423 g/mol. The molecule has 0 aliphatic heterocycles. The molecule has 2 atom stereocenters. The smallest absolute Gasteiger partial charge is 0.257 e. The Kier molecular flexibility index (Phi) is 5.41. The molecule has 2 nitrogen and oxygen atoms in total. The van der Waals surface area contributed by atoms with E-state index in [1.165, 1.54) is 0 Å². The zero-order chi connectivity index (χ0) is 15.6. The van der Waals surface area contributed by atoms with Crippen molar-refractivity contribution < 1.29 is 13.6 Å². The number of amides is 1. The van der Waals surface area contributed by atoms with Crippen molar-refractivity contribution in [2.75, 3.05) is 5.33 Å². The quantitative estimate of drug-likeness (QED) is 0.693. The van der Waals surface area contributed by atoms with Gasteiger partial charge >= 0.3 is 0 Å². The van der Waals surface area contributed by atoms with Crippen LogP contribution in [0.25, 0.3) is 0 Å². The number of alkyl halides is 1. The summed E-state index contributed by atoms with van der Waals surface area (Å²) in [5, 5.41) is 3.43. The molecule has 1 fully saturated rings. The first-order chi connectivity index (χ1) is 9.87. The molecule has 1 N–H and O–H groups in total. The first kappa shape index (κ1) is 16.9. The topological polar surface area (TPSA) is 29.1 Å². The molecule has 0 aromatic heterocycles. The molecule has 2 unspecified atom stereocenters. The van der Waals surface area contributed by atoms with Gasteiger partial charge in [0.2, 0.25) is 0 Å². The van der Waals surface area contributed by atoms with Crippen molar-refractivity contribution in [3.63, 3.8) is 0 Å².